The molecule has 9 nitrogen and oxygen atoms in total. The molecule has 9 heteroatoms. The molecule has 1 saturated heterocycles. The minimum atomic E-state index is -0.876. The highest BCUT2D eigenvalue weighted by atomic mass is 16.5. The standard InChI is InChI=1S/C22H20N4O5/c1-12-11-31-16-10-25-9-15(19(27)20(28)18(25)22(30)26(12)16)21(29)24-8-14-5-2-4-13-6-3-7-23-17(13)14/h2-7,9,12,16,28H,8,10-11H2,1H3,(H,24,29)/t12-,16+/m0/s1. The second-order valence-corrected chi connectivity index (χ2v) is 7.75. The number of fused-ring (bicyclic) bond motifs is 3. The number of aromatic hydroxyl groups is 1. The lowest BCUT2D eigenvalue weighted by Crippen LogP contribution is -2.49. The van der Waals surface area contributed by atoms with E-state index in [-0.39, 0.29) is 30.4 Å². The van der Waals surface area contributed by atoms with Crippen LogP contribution in [0, 0.1) is 0 Å². The Labute approximate surface area is 176 Å². The van der Waals surface area contributed by atoms with Gasteiger partial charge in [0.15, 0.2) is 17.7 Å². The largest absolute Gasteiger partial charge is 0.503 e. The van der Waals surface area contributed by atoms with Gasteiger partial charge >= 0.3 is 0 Å². The molecule has 2 N–H and O–H groups in total. The van der Waals surface area contributed by atoms with Gasteiger partial charge in [-0.25, -0.2) is 0 Å². The van der Waals surface area contributed by atoms with Gasteiger partial charge in [0, 0.05) is 24.3 Å². The van der Waals surface area contributed by atoms with Crippen molar-refractivity contribution in [3.05, 3.63) is 69.8 Å². The Morgan fingerprint density at radius 2 is 2.10 bits per heavy atom. The average molecular weight is 420 g/mol. The van der Waals surface area contributed by atoms with Crippen LogP contribution < -0.4 is 10.7 Å². The summed E-state index contributed by atoms with van der Waals surface area (Å²) >= 11 is 0. The highest BCUT2D eigenvalue weighted by Crippen LogP contribution is 2.29. The Kier molecular flexibility index (Phi) is 4.48. The highest BCUT2D eigenvalue weighted by Gasteiger charge is 2.42. The molecular weight excluding hydrogens is 400 g/mol. The lowest BCUT2D eigenvalue weighted by Gasteiger charge is -2.33. The van der Waals surface area contributed by atoms with Crippen LogP contribution in [0.4, 0.5) is 0 Å². The first-order valence-electron chi connectivity index (χ1n) is 9.97. The average Bonchev–Trinajstić information content (AvgIpc) is 3.15. The van der Waals surface area contributed by atoms with Crippen molar-refractivity contribution in [3.63, 3.8) is 0 Å². The molecule has 0 unspecified atom stereocenters. The van der Waals surface area contributed by atoms with Gasteiger partial charge < -0.3 is 24.6 Å². The molecule has 2 amide bonds. The summed E-state index contributed by atoms with van der Waals surface area (Å²) in [4.78, 5) is 44.2. The van der Waals surface area contributed by atoms with Gasteiger partial charge in [-0.1, -0.05) is 24.3 Å². The first-order valence-corrected chi connectivity index (χ1v) is 9.97. The van der Waals surface area contributed by atoms with Crippen LogP contribution in [-0.2, 0) is 17.8 Å². The first-order chi connectivity index (χ1) is 15.0. The molecule has 0 radical (unpaired) electrons. The predicted molar refractivity (Wildman–Crippen MR) is 111 cm³/mol. The molecule has 2 aromatic heterocycles. The summed E-state index contributed by atoms with van der Waals surface area (Å²) in [5.41, 5.74) is 0.330. The van der Waals surface area contributed by atoms with E-state index in [1.165, 1.54) is 15.7 Å². The Balaban J connectivity index is 1.45. The van der Waals surface area contributed by atoms with Crippen molar-refractivity contribution in [2.24, 2.45) is 0 Å². The lowest BCUT2D eigenvalue weighted by molar-refractivity contribution is 0.00624. The number of aromatic nitrogens is 2. The maximum atomic E-state index is 12.8. The molecule has 0 spiro atoms. The van der Waals surface area contributed by atoms with Gasteiger partial charge in [-0.15, -0.1) is 0 Å². The molecule has 5 rings (SSSR count). The molecule has 0 aliphatic carbocycles. The predicted octanol–water partition coefficient (Wildman–Crippen LogP) is 1.23. The molecule has 2 aliphatic heterocycles. The minimum Gasteiger partial charge on any atom is -0.503 e. The van der Waals surface area contributed by atoms with Crippen LogP contribution in [0.25, 0.3) is 10.9 Å². The van der Waals surface area contributed by atoms with Crippen molar-refractivity contribution in [1.82, 2.24) is 19.8 Å². The Bertz CT molecular complexity index is 1280. The number of hydrogen-bond acceptors (Lipinski definition) is 6. The molecule has 3 aromatic rings. The number of ether oxygens (including phenoxy) is 1. The van der Waals surface area contributed by atoms with E-state index in [2.05, 4.69) is 10.3 Å². The number of rotatable bonds is 3. The van der Waals surface area contributed by atoms with Gasteiger partial charge in [0.1, 0.15) is 5.56 Å². The molecule has 0 bridgehead atoms. The summed E-state index contributed by atoms with van der Waals surface area (Å²) in [7, 11) is 0. The van der Waals surface area contributed by atoms with Crippen molar-refractivity contribution in [1.29, 1.82) is 0 Å². The van der Waals surface area contributed by atoms with E-state index in [1.54, 1.807) is 6.20 Å². The monoisotopic (exact) mass is 420 g/mol. The second-order valence-electron chi connectivity index (χ2n) is 7.75. The molecule has 1 aromatic carbocycles. The van der Waals surface area contributed by atoms with Gasteiger partial charge in [-0.2, -0.15) is 0 Å². The zero-order valence-electron chi connectivity index (χ0n) is 16.7. The SMILES string of the molecule is C[C@H]1CO[C@@H]2Cn3cc(C(=O)NCc4cccc5cccnc45)c(=O)c(O)c3C(=O)N12. The topological polar surface area (TPSA) is 114 Å². The molecule has 0 saturated carbocycles. The zero-order chi connectivity index (χ0) is 21.7. The zero-order valence-corrected chi connectivity index (χ0v) is 16.7. The molecule has 1 fully saturated rings. The first kappa shape index (κ1) is 19.3. The summed E-state index contributed by atoms with van der Waals surface area (Å²) in [6, 6.07) is 9.24. The maximum Gasteiger partial charge on any atom is 0.276 e. The summed E-state index contributed by atoms with van der Waals surface area (Å²) in [6.45, 7) is 2.60. The van der Waals surface area contributed by atoms with E-state index in [1.807, 2.05) is 37.3 Å². The second kappa shape index (κ2) is 7.21. The number of carbonyl (C=O) groups excluding carboxylic acids is 2. The van der Waals surface area contributed by atoms with Gasteiger partial charge in [-0.05, 0) is 18.6 Å². The van der Waals surface area contributed by atoms with Crippen LogP contribution in [0.2, 0.25) is 0 Å². The highest BCUT2D eigenvalue weighted by molar-refractivity contribution is 5.99. The quantitative estimate of drug-likeness (QED) is 0.659. The number of nitrogens with one attached hydrogen (secondary N) is 1. The van der Waals surface area contributed by atoms with Crippen molar-refractivity contribution >= 4 is 22.7 Å². The minimum absolute atomic E-state index is 0.117. The van der Waals surface area contributed by atoms with Crippen LogP contribution in [0.5, 0.6) is 5.75 Å². The van der Waals surface area contributed by atoms with Crippen LogP contribution in [0.1, 0.15) is 33.3 Å². The number of pyridine rings is 2. The smallest absolute Gasteiger partial charge is 0.276 e. The van der Waals surface area contributed by atoms with Crippen LogP contribution >= 0.6 is 0 Å². The van der Waals surface area contributed by atoms with E-state index < -0.39 is 29.2 Å². The van der Waals surface area contributed by atoms with Crippen molar-refractivity contribution < 1.29 is 19.4 Å². The van der Waals surface area contributed by atoms with Crippen molar-refractivity contribution in [2.75, 3.05) is 6.61 Å². The third-order valence-electron chi connectivity index (χ3n) is 5.76. The van der Waals surface area contributed by atoms with Crippen molar-refractivity contribution in [3.8, 4) is 5.75 Å². The van der Waals surface area contributed by atoms with Crippen LogP contribution in [0.3, 0.4) is 0 Å². The summed E-state index contributed by atoms with van der Waals surface area (Å²) in [6.07, 6.45) is 2.50. The lowest BCUT2D eigenvalue weighted by atomic mass is 10.1. The van der Waals surface area contributed by atoms with E-state index in [9.17, 15) is 19.5 Å². The number of carbonyl (C=O) groups is 2. The Hall–Kier alpha value is -3.72. The van der Waals surface area contributed by atoms with Crippen LogP contribution in [-0.4, -0.2) is 50.2 Å². The van der Waals surface area contributed by atoms with Crippen molar-refractivity contribution in [2.45, 2.75) is 32.3 Å². The van der Waals surface area contributed by atoms with Gasteiger partial charge in [-0.3, -0.25) is 19.4 Å². The number of hydrogen-bond donors (Lipinski definition) is 2. The summed E-state index contributed by atoms with van der Waals surface area (Å²) in [5, 5.41) is 14.1. The fourth-order valence-electron chi connectivity index (χ4n) is 4.22. The molecule has 4 heterocycles. The van der Waals surface area contributed by atoms with E-state index in [4.69, 9.17) is 4.74 Å². The van der Waals surface area contributed by atoms with E-state index >= 15 is 0 Å². The van der Waals surface area contributed by atoms with Gasteiger partial charge in [0.2, 0.25) is 5.43 Å². The summed E-state index contributed by atoms with van der Waals surface area (Å²) in [5.74, 6) is -1.84. The molecule has 2 aliphatic rings. The van der Waals surface area contributed by atoms with Gasteiger partial charge in [0.05, 0.1) is 24.7 Å². The Morgan fingerprint density at radius 3 is 2.94 bits per heavy atom. The van der Waals surface area contributed by atoms with E-state index in [0.717, 1.165) is 16.5 Å². The number of nitrogens with zero attached hydrogens (tertiary/aromatic N) is 3. The van der Waals surface area contributed by atoms with Crippen LogP contribution in [0.15, 0.2) is 47.5 Å². The summed E-state index contributed by atoms with van der Waals surface area (Å²) < 4.78 is 7.05. The maximum absolute atomic E-state index is 12.8. The third-order valence-corrected chi connectivity index (χ3v) is 5.76. The molecule has 158 valence electrons. The normalized spacial score (nSPS) is 19.9. The van der Waals surface area contributed by atoms with Gasteiger partial charge in [0.25, 0.3) is 11.8 Å². The number of benzene rings is 1. The molecule has 31 heavy (non-hydrogen) atoms. The fraction of sp³-hybridized carbons (Fsp3) is 0.273. The number of para-hydroxylation sites is 1. The Morgan fingerprint density at radius 1 is 1.29 bits per heavy atom. The number of amides is 2. The third kappa shape index (κ3) is 3.05. The molecular formula is C22H20N4O5. The molecule has 2 atom stereocenters. The van der Waals surface area contributed by atoms with E-state index in [0.29, 0.717) is 6.61 Å². The fourth-order valence-corrected chi connectivity index (χ4v) is 4.22.